The van der Waals surface area contributed by atoms with Crippen LogP contribution in [0, 0.1) is 5.82 Å². The number of amides is 1. The quantitative estimate of drug-likeness (QED) is 0.764. The van der Waals surface area contributed by atoms with E-state index in [9.17, 15) is 17.6 Å². The van der Waals surface area contributed by atoms with Crippen molar-refractivity contribution >= 4 is 41.6 Å². The van der Waals surface area contributed by atoms with Crippen molar-refractivity contribution in [3.63, 3.8) is 0 Å². The lowest BCUT2D eigenvalue weighted by molar-refractivity contribution is 0.0908. The van der Waals surface area contributed by atoms with Crippen LogP contribution in [0.4, 0.5) is 4.39 Å². The van der Waals surface area contributed by atoms with E-state index in [2.05, 4.69) is 21.2 Å². The van der Waals surface area contributed by atoms with Gasteiger partial charge in [-0.3, -0.25) is 4.79 Å². The van der Waals surface area contributed by atoms with Crippen molar-refractivity contribution < 1.29 is 17.6 Å². The fourth-order valence-electron chi connectivity index (χ4n) is 1.95. The Morgan fingerprint density at radius 2 is 2.00 bits per heavy atom. The molecule has 0 saturated carbocycles. The Labute approximate surface area is 136 Å². The molecule has 0 saturated heterocycles. The molecule has 0 fully saturated rings. The zero-order chi connectivity index (χ0) is 16.4. The van der Waals surface area contributed by atoms with E-state index in [-0.39, 0.29) is 10.0 Å². The second kappa shape index (κ2) is 6.62. The van der Waals surface area contributed by atoms with Crippen LogP contribution >= 0.6 is 26.6 Å². The smallest absolute Gasteiger partial charge is 0.264 e. The zero-order valence-electron chi connectivity index (χ0n) is 11.8. The average Bonchev–Trinajstić information content (AvgIpc) is 2.25. The van der Waals surface area contributed by atoms with Crippen LogP contribution in [0.1, 0.15) is 44.0 Å². The average molecular weight is 401 g/mol. The maximum atomic E-state index is 13.6. The number of carbonyl (C=O) groups is 1. The van der Waals surface area contributed by atoms with Crippen LogP contribution in [0.2, 0.25) is 0 Å². The van der Waals surface area contributed by atoms with Crippen molar-refractivity contribution in [2.24, 2.45) is 0 Å². The predicted molar refractivity (Wildman–Crippen MR) is 83.6 cm³/mol. The Morgan fingerprint density at radius 1 is 1.43 bits per heavy atom. The standard InChI is InChI=1S/C13H16BrClFNO3S/c1-4-5-13(2,3)17-12(18)8-6-11(21(15,19)20)10(16)7-9(8)14/h6-7H,4-5H2,1-3H3,(H,17,18). The molecule has 21 heavy (non-hydrogen) atoms. The number of hydrogen-bond donors (Lipinski definition) is 1. The molecule has 0 aromatic heterocycles. The number of hydrogen-bond acceptors (Lipinski definition) is 3. The molecule has 0 radical (unpaired) electrons. The Kier molecular flexibility index (Phi) is 5.80. The van der Waals surface area contributed by atoms with Gasteiger partial charge in [0.2, 0.25) is 0 Å². The summed E-state index contributed by atoms with van der Waals surface area (Å²) in [7, 11) is 0.897. The van der Waals surface area contributed by atoms with Crippen LogP contribution in [-0.4, -0.2) is 19.9 Å². The molecule has 0 aliphatic rings. The van der Waals surface area contributed by atoms with E-state index in [1.165, 1.54) is 0 Å². The Morgan fingerprint density at radius 3 is 2.48 bits per heavy atom. The van der Waals surface area contributed by atoms with E-state index >= 15 is 0 Å². The molecule has 0 spiro atoms. The SMILES string of the molecule is CCCC(C)(C)NC(=O)c1cc(S(=O)(=O)Cl)c(F)cc1Br. The largest absolute Gasteiger partial charge is 0.347 e. The molecule has 0 unspecified atom stereocenters. The van der Waals surface area contributed by atoms with Gasteiger partial charge in [0.15, 0.2) is 0 Å². The highest BCUT2D eigenvalue weighted by atomic mass is 79.9. The van der Waals surface area contributed by atoms with E-state index in [1.54, 1.807) is 0 Å². The number of halogens is 3. The van der Waals surface area contributed by atoms with Gasteiger partial charge in [-0.1, -0.05) is 13.3 Å². The molecule has 0 aliphatic carbocycles. The number of benzene rings is 1. The van der Waals surface area contributed by atoms with E-state index in [0.29, 0.717) is 0 Å². The molecule has 0 bridgehead atoms. The van der Waals surface area contributed by atoms with Gasteiger partial charge in [-0.25, -0.2) is 12.8 Å². The first-order valence-corrected chi connectivity index (χ1v) is 9.34. The summed E-state index contributed by atoms with van der Waals surface area (Å²) >= 11 is 3.06. The van der Waals surface area contributed by atoms with Crippen LogP contribution in [0.25, 0.3) is 0 Å². The van der Waals surface area contributed by atoms with Crippen molar-refractivity contribution in [2.75, 3.05) is 0 Å². The third-order valence-electron chi connectivity index (χ3n) is 2.86. The lowest BCUT2D eigenvalue weighted by Crippen LogP contribution is -2.43. The minimum atomic E-state index is -4.26. The van der Waals surface area contributed by atoms with Crippen LogP contribution in [-0.2, 0) is 9.05 Å². The molecule has 118 valence electrons. The lowest BCUT2D eigenvalue weighted by Gasteiger charge is -2.26. The topological polar surface area (TPSA) is 63.2 Å². The molecule has 8 heteroatoms. The van der Waals surface area contributed by atoms with Crippen LogP contribution in [0.5, 0.6) is 0 Å². The molecular formula is C13H16BrClFNO3S. The third-order valence-corrected chi connectivity index (χ3v) is 4.85. The number of carbonyl (C=O) groups excluding carboxylic acids is 1. The molecule has 1 rings (SSSR count). The first-order valence-electron chi connectivity index (χ1n) is 6.24. The minimum Gasteiger partial charge on any atom is -0.347 e. The van der Waals surface area contributed by atoms with Crippen LogP contribution in [0.15, 0.2) is 21.5 Å². The highest BCUT2D eigenvalue weighted by Crippen LogP contribution is 2.27. The van der Waals surface area contributed by atoms with Gasteiger partial charge < -0.3 is 5.32 Å². The summed E-state index contributed by atoms with van der Waals surface area (Å²) in [4.78, 5) is 11.5. The van der Waals surface area contributed by atoms with Crippen molar-refractivity contribution in [1.29, 1.82) is 0 Å². The molecule has 1 amide bonds. The Hall–Kier alpha value is -0.660. The summed E-state index contributed by atoms with van der Waals surface area (Å²) in [5.74, 6) is -1.51. The molecule has 1 aromatic carbocycles. The van der Waals surface area contributed by atoms with Crippen LogP contribution in [0.3, 0.4) is 0 Å². The molecule has 4 nitrogen and oxygen atoms in total. The van der Waals surface area contributed by atoms with Crippen molar-refractivity contribution in [2.45, 2.75) is 44.0 Å². The summed E-state index contributed by atoms with van der Waals surface area (Å²) in [5.41, 5.74) is -0.445. The fourth-order valence-corrected chi connectivity index (χ4v) is 3.35. The monoisotopic (exact) mass is 399 g/mol. The molecule has 1 aromatic rings. The van der Waals surface area contributed by atoms with Crippen molar-refractivity contribution in [3.8, 4) is 0 Å². The Bertz CT molecular complexity index is 662. The first kappa shape index (κ1) is 18.4. The maximum Gasteiger partial charge on any atom is 0.264 e. The number of nitrogens with one attached hydrogen (secondary N) is 1. The van der Waals surface area contributed by atoms with Crippen molar-refractivity contribution in [1.82, 2.24) is 5.32 Å². The summed E-state index contributed by atoms with van der Waals surface area (Å²) in [5, 5.41) is 2.78. The van der Waals surface area contributed by atoms with Gasteiger partial charge in [-0.05, 0) is 48.3 Å². The molecule has 0 atom stereocenters. The van der Waals surface area contributed by atoms with E-state index in [1.807, 2.05) is 20.8 Å². The molecule has 1 N–H and O–H groups in total. The lowest BCUT2D eigenvalue weighted by atomic mass is 9.98. The van der Waals surface area contributed by atoms with Gasteiger partial charge >= 0.3 is 0 Å². The maximum absolute atomic E-state index is 13.6. The van der Waals surface area contributed by atoms with Crippen LogP contribution < -0.4 is 5.32 Å². The van der Waals surface area contributed by atoms with Gasteiger partial charge in [0.1, 0.15) is 10.7 Å². The van der Waals surface area contributed by atoms with Crippen molar-refractivity contribution in [3.05, 3.63) is 28.0 Å². The summed E-state index contributed by atoms with van der Waals surface area (Å²) in [6, 6.07) is 1.84. The summed E-state index contributed by atoms with van der Waals surface area (Å²) in [6.45, 7) is 5.69. The first-order chi connectivity index (χ1) is 9.48. The van der Waals surface area contributed by atoms with Gasteiger partial charge in [-0.15, -0.1) is 0 Å². The highest BCUT2D eigenvalue weighted by Gasteiger charge is 2.25. The molecular weight excluding hydrogens is 385 g/mol. The van der Waals surface area contributed by atoms with E-state index in [4.69, 9.17) is 10.7 Å². The van der Waals surface area contributed by atoms with Gasteiger partial charge in [-0.2, -0.15) is 0 Å². The zero-order valence-corrected chi connectivity index (χ0v) is 15.0. The predicted octanol–water partition coefficient (Wildman–Crippen LogP) is 3.82. The summed E-state index contributed by atoms with van der Waals surface area (Å²) < 4.78 is 36.4. The van der Waals surface area contributed by atoms with E-state index < -0.39 is 31.2 Å². The Balaban J connectivity index is 3.22. The number of rotatable bonds is 5. The third kappa shape index (κ3) is 4.93. The van der Waals surface area contributed by atoms with Gasteiger partial charge in [0, 0.05) is 20.7 Å². The fraction of sp³-hybridized carbons (Fsp3) is 0.462. The molecule has 0 aliphatic heterocycles. The van der Waals surface area contributed by atoms with Gasteiger partial charge in [0.25, 0.3) is 15.0 Å². The second-order valence-corrected chi connectivity index (χ2v) is 8.68. The second-order valence-electron chi connectivity index (χ2n) is 5.29. The van der Waals surface area contributed by atoms with Gasteiger partial charge in [0.05, 0.1) is 5.56 Å². The van der Waals surface area contributed by atoms with E-state index in [0.717, 1.165) is 25.0 Å². The summed E-state index contributed by atoms with van der Waals surface area (Å²) in [6.07, 6.45) is 1.62. The molecule has 0 heterocycles. The normalized spacial score (nSPS) is 12.3. The minimum absolute atomic E-state index is 0.0137. The highest BCUT2D eigenvalue weighted by molar-refractivity contribution is 9.10.